The van der Waals surface area contributed by atoms with Gasteiger partial charge in [0.2, 0.25) is 11.8 Å². The molecule has 28 heavy (non-hydrogen) atoms. The van der Waals surface area contributed by atoms with Crippen LogP contribution in [0.4, 0.5) is 0 Å². The van der Waals surface area contributed by atoms with Crippen LogP contribution in [0.15, 0.2) is 48.7 Å². The average Bonchev–Trinajstić information content (AvgIpc) is 3.19. The summed E-state index contributed by atoms with van der Waals surface area (Å²) in [6.07, 6.45) is 5.06. The lowest BCUT2D eigenvalue weighted by Gasteiger charge is -2.37. The van der Waals surface area contributed by atoms with E-state index in [2.05, 4.69) is 4.98 Å². The van der Waals surface area contributed by atoms with Crippen molar-refractivity contribution in [3.05, 3.63) is 59.8 Å². The fraction of sp³-hybridized carbons (Fsp3) is 0.409. The molecule has 2 aliphatic heterocycles. The highest BCUT2D eigenvalue weighted by molar-refractivity contribution is 5.94. The molecule has 0 bridgehead atoms. The number of amides is 2. The fourth-order valence-electron chi connectivity index (χ4n) is 3.98. The van der Waals surface area contributed by atoms with Crippen LogP contribution in [0.3, 0.4) is 0 Å². The van der Waals surface area contributed by atoms with E-state index < -0.39 is 0 Å². The minimum absolute atomic E-state index is 0.0247. The molecular weight excluding hydrogens is 354 g/mol. The van der Waals surface area contributed by atoms with Crippen LogP contribution in [0.2, 0.25) is 0 Å². The molecule has 146 valence electrons. The zero-order chi connectivity index (χ0) is 19.3. The van der Waals surface area contributed by atoms with Crippen molar-refractivity contribution in [1.82, 2.24) is 14.8 Å². The van der Waals surface area contributed by atoms with E-state index in [0.717, 1.165) is 37.9 Å². The summed E-state index contributed by atoms with van der Waals surface area (Å²) in [4.78, 5) is 33.1. The summed E-state index contributed by atoms with van der Waals surface area (Å²) in [6.45, 7) is 2.56. The number of likely N-dealkylation sites (tertiary alicyclic amines) is 2. The number of aromatic nitrogens is 1. The number of rotatable bonds is 5. The molecule has 3 heterocycles. The second-order valence-electron chi connectivity index (χ2n) is 7.39. The minimum Gasteiger partial charge on any atom is -0.473 e. The van der Waals surface area contributed by atoms with Crippen molar-refractivity contribution in [2.75, 3.05) is 19.6 Å². The topological polar surface area (TPSA) is 62.7 Å². The molecule has 2 fully saturated rings. The first-order chi connectivity index (χ1) is 13.7. The molecule has 1 aromatic heterocycles. The number of carbonyl (C=O) groups is 2. The summed E-state index contributed by atoms with van der Waals surface area (Å²) in [5, 5.41) is 0. The van der Waals surface area contributed by atoms with Crippen LogP contribution in [0.1, 0.15) is 41.6 Å². The van der Waals surface area contributed by atoms with E-state index in [-0.39, 0.29) is 17.9 Å². The Morgan fingerprint density at radius 2 is 2.00 bits per heavy atom. The highest BCUT2D eigenvalue weighted by Crippen LogP contribution is 2.23. The van der Waals surface area contributed by atoms with Gasteiger partial charge in [-0.1, -0.05) is 30.3 Å². The third-order valence-electron chi connectivity index (χ3n) is 5.45. The van der Waals surface area contributed by atoms with Crippen LogP contribution in [-0.4, -0.2) is 52.3 Å². The molecule has 2 amide bonds. The Kier molecular flexibility index (Phi) is 5.55. The molecule has 6 nitrogen and oxygen atoms in total. The van der Waals surface area contributed by atoms with Gasteiger partial charge in [0, 0.05) is 49.9 Å². The van der Waals surface area contributed by atoms with Crippen LogP contribution < -0.4 is 4.74 Å². The van der Waals surface area contributed by atoms with Crippen LogP contribution in [0.25, 0.3) is 0 Å². The second-order valence-corrected chi connectivity index (χ2v) is 7.39. The van der Waals surface area contributed by atoms with Gasteiger partial charge in [0.1, 0.15) is 6.61 Å². The molecule has 2 aromatic rings. The number of carbonyl (C=O) groups excluding carboxylic acids is 2. The lowest BCUT2D eigenvalue weighted by atomic mass is 10.0. The van der Waals surface area contributed by atoms with Crippen LogP contribution >= 0.6 is 0 Å². The zero-order valence-corrected chi connectivity index (χ0v) is 15.9. The van der Waals surface area contributed by atoms with Crippen molar-refractivity contribution in [3.63, 3.8) is 0 Å². The quantitative estimate of drug-likeness (QED) is 0.801. The van der Waals surface area contributed by atoms with Gasteiger partial charge in [-0.25, -0.2) is 4.98 Å². The standard InChI is InChI=1S/C22H25N3O3/c26-21-9-5-13-25(21)19-8-4-12-24(15-19)22(27)18-10-11-23-20(14-18)28-16-17-6-2-1-3-7-17/h1-3,6-7,10-11,14,19H,4-5,8-9,12-13,15-16H2. The number of piperidine rings is 1. The van der Waals surface area contributed by atoms with E-state index in [9.17, 15) is 9.59 Å². The van der Waals surface area contributed by atoms with Gasteiger partial charge in [0.25, 0.3) is 5.91 Å². The molecule has 1 aromatic carbocycles. The van der Waals surface area contributed by atoms with Gasteiger partial charge < -0.3 is 14.5 Å². The summed E-state index contributed by atoms with van der Waals surface area (Å²) in [5.74, 6) is 0.640. The molecule has 0 N–H and O–H groups in total. The van der Waals surface area contributed by atoms with Crippen molar-refractivity contribution in [3.8, 4) is 5.88 Å². The highest BCUT2D eigenvalue weighted by atomic mass is 16.5. The SMILES string of the molecule is O=C(c1ccnc(OCc2ccccc2)c1)N1CCCC(N2CCCC2=O)C1. The van der Waals surface area contributed by atoms with Gasteiger partial charge in [-0.05, 0) is 30.9 Å². The van der Waals surface area contributed by atoms with Crippen molar-refractivity contribution < 1.29 is 14.3 Å². The van der Waals surface area contributed by atoms with Gasteiger partial charge in [-0.3, -0.25) is 9.59 Å². The van der Waals surface area contributed by atoms with Crippen LogP contribution in [0.5, 0.6) is 5.88 Å². The Labute approximate surface area is 165 Å². The number of hydrogen-bond donors (Lipinski definition) is 0. The first-order valence-electron chi connectivity index (χ1n) is 9.92. The largest absolute Gasteiger partial charge is 0.473 e. The lowest BCUT2D eigenvalue weighted by Crippen LogP contribution is -2.50. The maximum Gasteiger partial charge on any atom is 0.254 e. The molecule has 0 radical (unpaired) electrons. The van der Waals surface area contributed by atoms with E-state index >= 15 is 0 Å². The van der Waals surface area contributed by atoms with E-state index in [0.29, 0.717) is 31.0 Å². The van der Waals surface area contributed by atoms with Gasteiger partial charge in [-0.2, -0.15) is 0 Å². The Balaban J connectivity index is 1.40. The molecule has 0 spiro atoms. The molecule has 6 heteroatoms. The molecule has 4 rings (SSSR count). The van der Waals surface area contributed by atoms with Crippen molar-refractivity contribution in [2.45, 2.75) is 38.3 Å². The first-order valence-corrected chi connectivity index (χ1v) is 9.92. The van der Waals surface area contributed by atoms with Gasteiger partial charge in [-0.15, -0.1) is 0 Å². The summed E-state index contributed by atoms with van der Waals surface area (Å²) in [5.41, 5.74) is 1.63. The summed E-state index contributed by atoms with van der Waals surface area (Å²) in [7, 11) is 0. The second kappa shape index (κ2) is 8.42. The molecule has 0 saturated carbocycles. The van der Waals surface area contributed by atoms with E-state index in [1.807, 2.05) is 40.1 Å². The van der Waals surface area contributed by atoms with Crippen molar-refractivity contribution >= 4 is 11.8 Å². The first kappa shape index (κ1) is 18.5. The van der Waals surface area contributed by atoms with E-state index in [1.165, 1.54) is 0 Å². The number of nitrogens with zero attached hydrogens (tertiary/aromatic N) is 3. The Hall–Kier alpha value is -2.89. The lowest BCUT2D eigenvalue weighted by molar-refractivity contribution is -0.130. The van der Waals surface area contributed by atoms with E-state index in [4.69, 9.17) is 4.74 Å². The number of pyridine rings is 1. The van der Waals surface area contributed by atoms with Crippen molar-refractivity contribution in [1.29, 1.82) is 0 Å². The molecule has 1 atom stereocenters. The summed E-state index contributed by atoms with van der Waals surface area (Å²) >= 11 is 0. The van der Waals surface area contributed by atoms with Gasteiger partial charge in [0.15, 0.2) is 0 Å². The third-order valence-corrected chi connectivity index (χ3v) is 5.45. The Bertz CT molecular complexity index is 840. The van der Waals surface area contributed by atoms with Gasteiger partial charge >= 0.3 is 0 Å². The predicted octanol–water partition coefficient (Wildman–Crippen LogP) is 2.89. The van der Waals surface area contributed by atoms with Crippen molar-refractivity contribution in [2.24, 2.45) is 0 Å². The zero-order valence-electron chi connectivity index (χ0n) is 15.9. The average molecular weight is 379 g/mol. The van der Waals surface area contributed by atoms with Crippen LogP contribution in [0, 0.1) is 0 Å². The number of ether oxygens (including phenoxy) is 1. The molecule has 2 saturated heterocycles. The maximum atomic E-state index is 13.0. The molecule has 1 unspecified atom stereocenters. The summed E-state index contributed by atoms with van der Waals surface area (Å²) in [6, 6.07) is 13.4. The third kappa shape index (κ3) is 4.16. The molecule has 2 aliphatic rings. The highest BCUT2D eigenvalue weighted by Gasteiger charge is 2.33. The Morgan fingerprint density at radius 3 is 2.79 bits per heavy atom. The maximum absolute atomic E-state index is 13.0. The number of hydrogen-bond acceptors (Lipinski definition) is 4. The monoisotopic (exact) mass is 379 g/mol. The van der Waals surface area contributed by atoms with Crippen LogP contribution in [-0.2, 0) is 11.4 Å². The molecule has 0 aliphatic carbocycles. The Morgan fingerprint density at radius 1 is 1.14 bits per heavy atom. The predicted molar refractivity (Wildman–Crippen MR) is 105 cm³/mol. The fourth-order valence-corrected chi connectivity index (χ4v) is 3.98. The summed E-state index contributed by atoms with van der Waals surface area (Å²) < 4.78 is 5.75. The molecular formula is C22H25N3O3. The normalized spacial score (nSPS) is 19.7. The number of benzene rings is 1. The smallest absolute Gasteiger partial charge is 0.254 e. The minimum atomic E-state index is -0.0247. The van der Waals surface area contributed by atoms with Gasteiger partial charge in [0.05, 0.1) is 0 Å². The van der Waals surface area contributed by atoms with E-state index in [1.54, 1.807) is 18.3 Å².